The highest BCUT2D eigenvalue weighted by Crippen LogP contribution is 2.28. The Morgan fingerprint density at radius 1 is 1.27 bits per heavy atom. The third-order valence-corrected chi connectivity index (χ3v) is 4.95. The van der Waals surface area contributed by atoms with Crippen molar-refractivity contribution in [2.24, 2.45) is 11.7 Å². The number of rotatable bonds is 4. The number of hydrogen-bond acceptors (Lipinski definition) is 6. The first-order valence-corrected chi connectivity index (χ1v) is 8.67. The molecule has 1 aromatic heterocycles. The molecule has 0 radical (unpaired) electrons. The maximum atomic E-state index is 12.4. The molecule has 0 bridgehead atoms. The van der Waals surface area contributed by atoms with Gasteiger partial charge in [0.2, 0.25) is 11.8 Å². The summed E-state index contributed by atoms with van der Waals surface area (Å²) in [5, 5.41) is 6.07. The van der Waals surface area contributed by atoms with Crippen LogP contribution in [0.1, 0.15) is 19.8 Å². The van der Waals surface area contributed by atoms with Crippen molar-refractivity contribution < 1.29 is 14.3 Å². The summed E-state index contributed by atoms with van der Waals surface area (Å²) in [5.41, 5.74) is 7.53. The highest BCUT2D eigenvalue weighted by molar-refractivity contribution is 7.22. The molecule has 4 N–H and O–H groups in total. The van der Waals surface area contributed by atoms with Gasteiger partial charge in [-0.1, -0.05) is 11.3 Å². The summed E-state index contributed by atoms with van der Waals surface area (Å²) in [7, 11) is 0. The number of carbonyl (C=O) groups excluding carboxylic acids is 2. The molecule has 0 aliphatic carbocycles. The maximum absolute atomic E-state index is 12.4. The lowest BCUT2D eigenvalue weighted by Crippen LogP contribution is -2.43. The van der Waals surface area contributed by atoms with E-state index in [1.807, 2.05) is 12.1 Å². The first kappa shape index (κ1) is 22.6. The Hall–Kier alpha value is -1.45. The van der Waals surface area contributed by atoms with E-state index in [0.717, 1.165) is 23.1 Å². The molecule has 3 rings (SSSR count). The lowest BCUT2D eigenvalue weighted by molar-refractivity contribution is -0.119. The summed E-state index contributed by atoms with van der Waals surface area (Å²) in [6, 6.07) is 4.90. The van der Waals surface area contributed by atoms with Gasteiger partial charge in [-0.25, -0.2) is 4.98 Å². The van der Waals surface area contributed by atoms with E-state index in [-0.39, 0.29) is 42.5 Å². The van der Waals surface area contributed by atoms with Crippen molar-refractivity contribution in [1.29, 1.82) is 0 Å². The summed E-state index contributed by atoms with van der Waals surface area (Å²) in [6.07, 6.45) is 1.62. The fourth-order valence-electron chi connectivity index (χ4n) is 2.72. The molecule has 1 aromatic carbocycles. The summed E-state index contributed by atoms with van der Waals surface area (Å²) in [6.45, 7) is 2.75. The number of amides is 2. The number of aromatic nitrogens is 1. The van der Waals surface area contributed by atoms with Crippen LogP contribution in [0.3, 0.4) is 0 Å². The van der Waals surface area contributed by atoms with Gasteiger partial charge in [0.15, 0.2) is 5.13 Å². The molecule has 144 valence electrons. The lowest BCUT2D eigenvalue weighted by Gasteiger charge is -2.26. The zero-order valence-corrected chi connectivity index (χ0v) is 16.6. The molecule has 1 atom stereocenters. The van der Waals surface area contributed by atoms with Crippen LogP contribution < -0.4 is 16.4 Å². The summed E-state index contributed by atoms with van der Waals surface area (Å²) >= 11 is 1.36. The minimum Gasteiger partial charge on any atom is -0.381 e. The number of nitrogens with two attached hydrogens (primary N) is 1. The first-order chi connectivity index (χ1) is 11.5. The molecule has 1 aliphatic heterocycles. The van der Waals surface area contributed by atoms with Crippen LogP contribution in [-0.4, -0.2) is 36.1 Å². The van der Waals surface area contributed by atoms with E-state index in [2.05, 4.69) is 15.6 Å². The van der Waals surface area contributed by atoms with E-state index in [9.17, 15) is 9.59 Å². The first-order valence-electron chi connectivity index (χ1n) is 7.85. The Bertz CT molecular complexity index is 765. The second-order valence-corrected chi connectivity index (χ2v) is 6.88. The average Bonchev–Trinajstić information content (AvgIpc) is 2.95. The van der Waals surface area contributed by atoms with Gasteiger partial charge in [-0.2, -0.15) is 0 Å². The van der Waals surface area contributed by atoms with Crippen LogP contribution in [0, 0.1) is 5.92 Å². The van der Waals surface area contributed by atoms with Crippen molar-refractivity contribution in [3.8, 4) is 0 Å². The van der Waals surface area contributed by atoms with Crippen molar-refractivity contribution in [3.05, 3.63) is 18.2 Å². The van der Waals surface area contributed by atoms with E-state index >= 15 is 0 Å². The monoisotopic (exact) mass is 420 g/mol. The molecule has 10 heteroatoms. The minimum atomic E-state index is -0.541. The van der Waals surface area contributed by atoms with E-state index in [0.29, 0.717) is 24.0 Å². The SMILES string of the molecule is CC(=O)Nc1nc2ccc(NC(=O)C(N)C3CCOCC3)cc2s1.Cl.Cl. The molecule has 0 spiro atoms. The second-order valence-electron chi connectivity index (χ2n) is 5.85. The van der Waals surface area contributed by atoms with Crippen LogP contribution in [0.5, 0.6) is 0 Å². The van der Waals surface area contributed by atoms with Crippen molar-refractivity contribution >= 4 is 69.0 Å². The number of benzene rings is 1. The zero-order valence-electron chi connectivity index (χ0n) is 14.2. The van der Waals surface area contributed by atoms with Gasteiger partial charge in [0.05, 0.1) is 16.3 Å². The zero-order chi connectivity index (χ0) is 17.1. The Morgan fingerprint density at radius 2 is 1.96 bits per heavy atom. The van der Waals surface area contributed by atoms with Crippen molar-refractivity contribution in [2.75, 3.05) is 23.8 Å². The Morgan fingerprint density at radius 3 is 2.62 bits per heavy atom. The van der Waals surface area contributed by atoms with E-state index in [1.165, 1.54) is 18.3 Å². The number of hydrogen-bond donors (Lipinski definition) is 3. The highest BCUT2D eigenvalue weighted by Gasteiger charge is 2.26. The third kappa shape index (κ3) is 5.52. The fraction of sp³-hybridized carbons (Fsp3) is 0.438. The summed E-state index contributed by atoms with van der Waals surface area (Å²) < 4.78 is 6.19. The van der Waals surface area contributed by atoms with Crippen LogP contribution in [0.25, 0.3) is 10.2 Å². The normalized spacial score (nSPS) is 15.5. The van der Waals surface area contributed by atoms with Gasteiger partial charge in [-0.3, -0.25) is 9.59 Å². The lowest BCUT2D eigenvalue weighted by atomic mass is 9.92. The number of thiazole rings is 1. The molecular formula is C16H22Cl2N4O3S. The highest BCUT2D eigenvalue weighted by atomic mass is 35.5. The summed E-state index contributed by atoms with van der Waals surface area (Å²) in [5.74, 6) is -0.199. The van der Waals surface area contributed by atoms with E-state index in [1.54, 1.807) is 6.07 Å². The average molecular weight is 421 g/mol. The van der Waals surface area contributed by atoms with Gasteiger partial charge < -0.3 is 21.1 Å². The van der Waals surface area contributed by atoms with E-state index in [4.69, 9.17) is 10.5 Å². The van der Waals surface area contributed by atoms with Gasteiger partial charge in [0.1, 0.15) is 0 Å². The van der Waals surface area contributed by atoms with Crippen LogP contribution in [0.15, 0.2) is 18.2 Å². The topological polar surface area (TPSA) is 106 Å². The predicted octanol–water partition coefficient (Wildman–Crippen LogP) is 2.79. The standard InChI is InChI=1S/C16H20N4O3S.2ClH/c1-9(21)18-16-20-12-3-2-11(8-13(12)24-16)19-15(22)14(17)10-4-6-23-7-5-10;;/h2-3,8,10,14H,4-7,17H2,1H3,(H,19,22)(H,18,20,21);2*1H. The van der Waals surface area contributed by atoms with E-state index < -0.39 is 6.04 Å². The second kappa shape index (κ2) is 10.0. The van der Waals surface area contributed by atoms with Gasteiger partial charge in [-0.15, -0.1) is 24.8 Å². The molecular weight excluding hydrogens is 399 g/mol. The Kier molecular flexibility index (Phi) is 8.72. The van der Waals surface area contributed by atoms with Crippen LogP contribution in [0.4, 0.5) is 10.8 Å². The van der Waals surface area contributed by atoms with Crippen molar-refractivity contribution in [1.82, 2.24) is 4.98 Å². The van der Waals surface area contributed by atoms with Crippen LogP contribution in [-0.2, 0) is 14.3 Å². The number of fused-ring (bicyclic) bond motifs is 1. The number of carbonyl (C=O) groups is 2. The van der Waals surface area contributed by atoms with Crippen molar-refractivity contribution in [2.45, 2.75) is 25.8 Å². The molecule has 2 aromatic rings. The van der Waals surface area contributed by atoms with Gasteiger partial charge in [0, 0.05) is 25.8 Å². The third-order valence-electron chi connectivity index (χ3n) is 4.02. The molecule has 0 saturated carbocycles. The smallest absolute Gasteiger partial charge is 0.241 e. The van der Waals surface area contributed by atoms with Crippen molar-refractivity contribution in [3.63, 3.8) is 0 Å². The summed E-state index contributed by atoms with van der Waals surface area (Å²) in [4.78, 5) is 27.8. The van der Waals surface area contributed by atoms with Crippen LogP contribution in [0.2, 0.25) is 0 Å². The largest absolute Gasteiger partial charge is 0.381 e. The number of anilines is 2. The van der Waals surface area contributed by atoms with Gasteiger partial charge >= 0.3 is 0 Å². The van der Waals surface area contributed by atoms with Crippen LogP contribution >= 0.6 is 36.2 Å². The molecule has 1 fully saturated rings. The molecule has 1 aliphatic rings. The molecule has 2 amide bonds. The number of nitrogens with zero attached hydrogens (tertiary/aromatic N) is 1. The number of nitrogens with one attached hydrogen (secondary N) is 2. The minimum absolute atomic E-state index is 0. The quantitative estimate of drug-likeness (QED) is 0.704. The number of ether oxygens (including phenoxy) is 1. The molecule has 1 unspecified atom stereocenters. The predicted molar refractivity (Wildman–Crippen MR) is 109 cm³/mol. The Labute approximate surface area is 167 Å². The fourth-order valence-corrected chi connectivity index (χ4v) is 3.67. The van der Waals surface area contributed by atoms with Gasteiger partial charge in [-0.05, 0) is 37.0 Å². The molecule has 1 saturated heterocycles. The van der Waals surface area contributed by atoms with Gasteiger partial charge in [0.25, 0.3) is 0 Å². The maximum Gasteiger partial charge on any atom is 0.241 e. The Balaban J connectivity index is 0.00000169. The molecule has 2 heterocycles. The number of halogens is 2. The molecule has 26 heavy (non-hydrogen) atoms. The molecule has 7 nitrogen and oxygen atoms in total.